The number of hydrogen-bond acceptors (Lipinski definition) is 7. The van der Waals surface area contributed by atoms with Crippen LogP contribution in [-0.4, -0.2) is 66.4 Å². The second-order valence-corrected chi connectivity index (χ2v) is 9.36. The lowest BCUT2D eigenvalue weighted by Gasteiger charge is -2.34. The Bertz CT molecular complexity index is 1350. The van der Waals surface area contributed by atoms with Gasteiger partial charge >= 0.3 is 0 Å². The van der Waals surface area contributed by atoms with Crippen LogP contribution in [-0.2, 0) is 10.0 Å². The molecule has 1 saturated heterocycles. The zero-order valence-corrected chi connectivity index (χ0v) is 17.2. The average Bonchev–Trinajstić information content (AvgIpc) is 2.77. The van der Waals surface area contributed by atoms with Crippen LogP contribution in [0.15, 0.2) is 57.1 Å². The number of benzene rings is 2. The number of hydrogen-bond donors (Lipinski definition) is 2. The molecule has 2 aromatic carbocycles. The Morgan fingerprint density at radius 3 is 2.52 bits per heavy atom. The molecule has 31 heavy (non-hydrogen) atoms. The summed E-state index contributed by atoms with van der Waals surface area (Å²) in [6, 6.07) is 10.2. The standard InChI is InChI=1S/C20H19FN6O3S/c21-13-4-6-14(7-5-13)31(29,30)27-10-8-26(9-11-27)12-17-22-16-3-1-2-15-18(16)19(23-17)24-25-20(15)28/h1-7H,8-12H2,(H,25,28)(H,22,23,24). The first-order chi connectivity index (χ1) is 14.9. The summed E-state index contributed by atoms with van der Waals surface area (Å²) in [5.74, 6) is 0.752. The highest BCUT2D eigenvalue weighted by molar-refractivity contribution is 7.89. The molecule has 0 spiro atoms. The number of nitrogens with zero attached hydrogens (tertiary/aromatic N) is 4. The molecule has 2 aliphatic rings. The van der Waals surface area contributed by atoms with Crippen molar-refractivity contribution >= 4 is 38.1 Å². The van der Waals surface area contributed by atoms with Gasteiger partial charge in [-0.25, -0.2) is 22.9 Å². The Kier molecular flexibility index (Phi) is 4.80. The van der Waals surface area contributed by atoms with E-state index in [2.05, 4.69) is 25.4 Å². The quantitative estimate of drug-likeness (QED) is 0.634. The number of anilines is 1. The summed E-state index contributed by atoms with van der Waals surface area (Å²) >= 11 is 0. The van der Waals surface area contributed by atoms with Gasteiger partial charge in [-0.05, 0) is 36.4 Å². The van der Waals surface area contributed by atoms with E-state index in [-0.39, 0.29) is 10.5 Å². The molecular formula is C20H19FN6O3S. The fraction of sp³-hybridized carbons (Fsp3) is 0.250. The van der Waals surface area contributed by atoms with E-state index in [4.69, 9.17) is 0 Å². The molecule has 0 aliphatic carbocycles. The summed E-state index contributed by atoms with van der Waals surface area (Å²) in [7, 11) is -3.66. The highest BCUT2D eigenvalue weighted by Gasteiger charge is 2.29. The van der Waals surface area contributed by atoms with Crippen LogP contribution in [0.5, 0.6) is 0 Å². The summed E-state index contributed by atoms with van der Waals surface area (Å²) in [5.41, 5.74) is 0.414. The van der Waals surface area contributed by atoms with Gasteiger partial charge < -0.3 is 5.32 Å². The monoisotopic (exact) mass is 442 g/mol. The molecule has 3 aromatic rings. The molecule has 0 bridgehead atoms. The molecule has 0 amide bonds. The van der Waals surface area contributed by atoms with Crippen LogP contribution < -0.4 is 10.9 Å². The lowest BCUT2D eigenvalue weighted by molar-refractivity contribution is 0.209. The predicted octanol–water partition coefficient (Wildman–Crippen LogP) is 1.52. The van der Waals surface area contributed by atoms with Crippen LogP contribution in [0.1, 0.15) is 0 Å². The van der Waals surface area contributed by atoms with Crippen molar-refractivity contribution in [2.45, 2.75) is 4.90 Å². The van der Waals surface area contributed by atoms with Crippen LogP contribution in [0.3, 0.4) is 0 Å². The number of aromatic amines is 1. The number of aromatic nitrogens is 2. The lowest BCUT2D eigenvalue weighted by Crippen LogP contribution is -2.50. The lowest BCUT2D eigenvalue weighted by atomic mass is 10.1. The van der Waals surface area contributed by atoms with Crippen LogP contribution in [0.2, 0.25) is 0 Å². The summed E-state index contributed by atoms with van der Waals surface area (Å²) in [6.45, 7) is 2.19. The first-order valence-corrected chi connectivity index (χ1v) is 11.2. The van der Waals surface area contributed by atoms with Crippen molar-refractivity contribution < 1.29 is 12.8 Å². The minimum atomic E-state index is -3.66. The van der Waals surface area contributed by atoms with Crippen LogP contribution in [0, 0.1) is 5.82 Å². The highest BCUT2D eigenvalue weighted by atomic mass is 32.2. The topological polar surface area (TPSA) is 111 Å². The fourth-order valence-electron chi connectivity index (χ4n) is 3.86. The van der Waals surface area contributed by atoms with E-state index >= 15 is 0 Å². The van der Waals surface area contributed by atoms with E-state index in [1.807, 2.05) is 6.07 Å². The first kappa shape index (κ1) is 19.8. The van der Waals surface area contributed by atoms with Gasteiger partial charge in [0.05, 0.1) is 27.9 Å². The minimum absolute atomic E-state index is 0.0884. The molecule has 160 valence electrons. The molecule has 0 saturated carbocycles. The van der Waals surface area contributed by atoms with Crippen LogP contribution in [0.4, 0.5) is 15.9 Å². The second-order valence-electron chi connectivity index (χ2n) is 7.42. The maximum Gasteiger partial charge on any atom is 0.272 e. The maximum absolute atomic E-state index is 13.1. The number of rotatable bonds is 4. The van der Waals surface area contributed by atoms with E-state index in [1.165, 1.54) is 16.4 Å². The van der Waals surface area contributed by atoms with Crippen LogP contribution >= 0.6 is 0 Å². The summed E-state index contributed by atoms with van der Waals surface area (Å²) in [5, 5.41) is 11.0. The van der Waals surface area contributed by atoms with Crippen molar-refractivity contribution in [2.75, 3.05) is 38.0 Å². The van der Waals surface area contributed by atoms with Gasteiger partial charge in [-0.2, -0.15) is 9.40 Å². The highest BCUT2D eigenvalue weighted by Crippen LogP contribution is 2.32. The third-order valence-electron chi connectivity index (χ3n) is 5.47. The largest absolute Gasteiger partial charge is 0.325 e. The zero-order chi connectivity index (χ0) is 21.6. The fourth-order valence-corrected chi connectivity index (χ4v) is 5.29. The van der Waals surface area contributed by atoms with E-state index in [0.29, 0.717) is 60.8 Å². The van der Waals surface area contributed by atoms with Gasteiger partial charge in [0.2, 0.25) is 10.0 Å². The molecule has 0 radical (unpaired) electrons. The SMILES string of the molecule is O=c1[nH]nc2c3c(cccc13)N=C(CN1CCN(S(=O)(=O)c3ccc(F)cc3)CC1)N2. The molecule has 0 unspecified atom stereocenters. The van der Waals surface area contributed by atoms with Gasteiger partial charge in [0.1, 0.15) is 11.7 Å². The van der Waals surface area contributed by atoms with Gasteiger partial charge in [0.25, 0.3) is 5.56 Å². The number of aliphatic imine (C=N–C) groups is 1. The Morgan fingerprint density at radius 1 is 1.03 bits per heavy atom. The van der Waals surface area contributed by atoms with Gasteiger partial charge in [-0.3, -0.25) is 9.69 Å². The van der Waals surface area contributed by atoms with E-state index in [1.54, 1.807) is 12.1 Å². The average molecular weight is 442 g/mol. The second kappa shape index (κ2) is 7.52. The van der Waals surface area contributed by atoms with E-state index in [0.717, 1.165) is 12.1 Å². The molecule has 2 aliphatic heterocycles. The number of amidine groups is 1. The first-order valence-electron chi connectivity index (χ1n) is 9.76. The smallest absolute Gasteiger partial charge is 0.272 e. The Labute approximate surface area is 177 Å². The van der Waals surface area contributed by atoms with Gasteiger partial charge in [0, 0.05) is 26.2 Å². The van der Waals surface area contributed by atoms with Crippen molar-refractivity contribution in [1.29, 1.82) is 0 Å². The molecule has 9 nitrogen and oxygen atoms in total. The normalized spacial score (nSPS) is 17.4. The molecule has 1 aromatic heterocycles. The molecule has 0 atom stereocenters. The van der Waals surface area contributed by atoms with Crippen molar-refractivity contribution in [1.82, 2.24) is 19.4 Å². The molecule has 3 heterocycles. The summed E-state index contributed by atoms with van der Waals surface area (Å²) in [4.78, 5) is 18.8. The van der Waals surface area contributed by atoms with Gasteiger partial charge in [-0.1, -0.05) is 6.07 Å². The van der Waals surface area contributed by atoms with Crippen molar-refractivity contribution in [3.8, 4) is 0 Å². The third kappa shape index (κ3) is 3.60. The maximum atomic E-state index is 13.1. The number of nitrogens with one attached hydrogen (secondary N) is 2. The van der Waals surface area contributed by atoms with Crippen molar-refractivity contribution in [3.63, 3.8) is 0 Å². The van der Waals surface area contributed by atoms with Gasteiger partial charge in [-0.15, -0.1) is 0 Å². The number of H-pyrrole nitrogens is 1. The van der Waals surface area contributed by atoms with E-state index < -0.39 is 15.8 Å². The molecule has 5 rings (SSSR count). The Balaban J connectivity index is 1.29. The number of sulfonamides is 1. The zero-order valence-electron chi connectivity index (χ0n) is 16.4. The van der Waals surface area contributed by atoms with E-state index in [9.17, 15) is 17.6 Å². The van der Waals surface area contributed by atoms with Crippen molar-refractivity contribution in [3.05, 3.63) is 58.6 Å². The Hall–Kier alpha value is -3.15. The Morgan fingerprint density at radius 2 is 1.77 bits per heavy atom. The van der Waals surface area contributed by atoms with Gasteiger partial charge in [0.15, 0.2) is 5.82 Å². The molecule has 2 N–H and O–H groups in total. The number of halogens is 1. The van der Waals surface area contributed by atoms with Crippen molar-refractivity contribution in [2.24, 2.45) is 4.99 Å². The predicted molar refractivity (Wildman–Crippen MR) is 115 cm³/mol. The summed E-state index contributed by atoms with van der Waals surface area (Å²) in [6.07, 6.45) is 0. The molecular weight excluding hydrogens is 423 g/mol. The molecule has 11 heteroatoms. The van der Waals surface area contributed by atoms with Crippen LogP contribution in [0.25, 0.3) is 10.8 Å². The molecule has 1 fully saturated rings. The number of piperazine rings is 1. The minimum Gasteiger partial charge on any atom is -0.325 e. The third-order valence-corrected chi connectivity index (χ3v) is 7.38. The summed E-state index contributed by atoms with van der Waals surface area (Å²) < 4.78 is 40.1.